The van der Waals surface area contributed by atoms with Crippen LogP contribution in [0.5, 0.6) is 0 Å². The van der Waals surface area contributed by atoms with E-state index in [0.29, 0.717) is 11.5 Å². The summed E-state index contributed by atoms with van der Waals surface area (Å²) < 4.78 is 12.8. The highest BCUT2D eigenvalue weighted by Gasteiger charge is 2.21. The van der Waals surface area contributed by atoms with Gasteiger partial charge in [0.1, 0.15) is 34.8 Å². The van der Waals surface area contributed by atoms with E-state index in [1.165, 1.54) is 10.8 Å². The summed E-state index contributed by atoms with van der Waals surface area (Å²) in [5, 5.41) is 5.35. The van der Waals surface area contributed by atoms with Crippen LogP contribution in [0.15, 0.2) is 88.2 Å². The molecular weight excluding hydrogens is 466 g/mol. The van der Waals surface area contributed by atoms with Gasteiger partial charge in [0.2, 0.25) is 0 Å². The minimum absolute atomic E-state index is 0.204. The van der Waals surface area contributed by atoms with E-state index in [-0.39, 0.29) is 18.1 Å². The average Bonchev–Trinajstić information content (AvgIpc) is 3.24. The number of rotatable bonds is 6. The molecule has 1 atom stereocenters. The van der Waals surface area contributed by atoms with Gasteiger partial charge in [-0.1, -0.05) is 54.6 Å². The Kier molecular flexibility index (Phi) is 6.29. The predicted molar refractivity (Wildman–Crippen MR) is 146 cm³/mol. The monoisotopic (exact) mass is 495 g/mol. The fourth-order valence-corrected chi connectivity index (χ4v) is 4.39. The number of carbonyl (C=O) groups is 1. The molecule has 0 radical (unpaired) electrons. The van der Waals surface area contributed by atoms with Crippen molar-refractivity contribution in [2.24, 2.45) is 0 Å². The largest absolute Gasteiger partial charge is 0.459 e. The number of hydrogen-bond acceptors (Lipinski definition) is 6. The van der Waals surface area contributed by atoms with Crippen molar-refractivity contribution in [3.05, 3.63) is 94.9 Å². The Morgan fingerprint density at radius 3 is 2.46 bits per heavy atom. The smallest absolute Gasteiger partial charge is 0.326 e. The lowest BCUT2D eigenvalue weighted by Crippen LogP contribution is -2.33. The van der Waals surface area contributed by atoms with E-state index in [9.17, 15) is 9.59 Å². The molecule has 0 aliphatic carbocycles. The zero-order valence-electron chi connectivity index (χ0n) is 21.3. The van der Waals surface area contributed by atoms with Gasteiger partial charge in [-0.15, -0.1) is 0 Å². The summed E-state index contributed by atoms with van der Waals surface area (Å²) in [5.74, 6) is -0.1000. The number of anilines is 1. The minimum Gasteiger partial charge on any atom is -0.459 e. The fourth-order valence-electron chi connectivity index (χ4n) is 4.39. The molecule has 5 aromatic rings. The molecule has 7 heteroatoms. The summed E-state index contributed by atoms with van der Waals surface area (Å²) in [6.45, 7) is 7.12. The Morgan fingerprint density at radius 2 is 1.70 bits per heavy atom. The topological polar surface area (TPSA) is 86.4 Å². The molecule has 2 heterocycles. The number of ether oxygens (including phenoxy) is 1. The molecule has 3 aromatic carbocycles. The van der Waals surface area contributed by atoms with Crippen molar-refractivity contribution in [3.8, 4) is 11.4 Å². The van der Waals surface area contributed by atoms with Crippen LogP contribution in [0.25, 0.3) is 33.3 Å². The number of nitrogens with zero attached hydrogens (tertiary/aromatic N) is 2. The van der Waals surface area contributed by atoms with Gasteiger partial charge in [-0.2, -0.15) is 0 Å². The van der Waals surface area contributed by atoms with Crippen molar-refractivity contribution >= 4 is 33.6 Å². The molecular formula is C30H29N3O4. The normalized spacial score (nSPS) is 12.5. The van der Waals surface area contributed by atoms with Crippen LogP contribution in [-0.4, -0.2) is 21.1 Å². The zero-order chi connectivity index (χ0) is 26.2. The Bertz CT molecular complexity index is 1650. The summed E-state index contributed by atoms with van der Waals surface area (Å²) in [5.41, 5.74) is 2.66. The van der Waals surface area contributed by atoms with Crippen LogP contribution in [0, 0.1) is 0 Å². The Labute approximate surface area is 214 Å². The first-order valence-electron chi connectivity index (χ1n) is 12.2. The van der Waals surface area contributed by atoms with Gasteiger partial charge in [0.05, 0.1) is 6.20 Å². The molecule has 0 saturated carbocycles. The lowest BCUT2D eigenvalue weighted by Gasteiger charge is -2.21. The number of hydrogen-bond donors (Lipinski definition) is 1. The van der Waals surface area contributed by atoms with Gasteiger partial charge < -0.3 is 14.5 Å². The van der Waals surface area contributed by atoms with E-state index < -0.39 is 11.6 Å². The summed E-state index contributed by atoms with van der Waals surface area (Å²) >= 11 is 0. The second-order valence-corrected chi connectivity index (χ2v) is 10.1. The van der Waals surface area contributed by atoms with Gasteiger partial charge in [-0.05, 0) is 51.5 Å². The number of esters is 1. The third kappa shape index (κ3) is 5.11. The van der Waals surface area contributed by atoms with Crippen molar-refractivity contribution in [1.29, 1.82) is 0 Å². The maximum Gasteiger partial charge on any atom is 0.326 e. The van der Waals surface area contributed by atoms with Crippen LogP contribution < -0.4 is 10.9 Å². The second kappa shape index (κ2) is 9.58. The van der Waals surface area contributed by atoms with Gasteiger partial charge >= 0.3 is 5.97 Å². The molecule has 37 heavy (non-hydrogen) atoms. The van der Waals surface area contributed by atoms with Crippen LogP contribution >= 0.6 is 0 Å². The van der Waals surface area contributed by atoms with Crippen LogP contribution in [0.2, 0.25) is 0 Å². The molecule has 0 aliphatic rings. The maximum absolute atomic E-state index is 13.6. The van der Waals surface area contributed by atoms with Crippen molar-refractivity contribution < 1.29 is 13.9 Å². The summed E-state index contributed by atoms with van der Waals surface area (Å²) in [6.07, 6.45) is 1.53. The zero-order valence-corrected chi connectivity index (χ0v) is 21.3. The van der Waals surface area contributed by atoms with Crippen LogP contribution in [0.1, 0.15) is 39.3 Å². The summed E-state index contributed by atoms with van der Waals surface area (Å²) in [4.78, 5) is 30.9. The minimum atomic E-state index is -0.665. The highest BCUT2D eigenvalue weighted by atomic mass is 16.6. The number of aromatic nitrogens is 2. The lowest BCUT2D eigenvalue weighted by molar-refractivity contribution is -0.155. The van der Waals surface area contributed by atoms with E-state index in [2.05, 4.69) is 16.4 Å². The number of benzene rings is 3. The Hall–Kier alpha value is -4.39. The highest BCUT2D eigenvalue weighted by Crippen LogP contribution is 2.31. The summed E-state index contributed by atoms with van der Waals surface area (Å²) in [7, 11) is 0. The third-order valence-corrected chi connectivity index (χ3v) is 6.06. The number of furan rings is 1. The lowest BCUT2D eigenvalue weighted by atomic mass is 10.0. The molecule has 5 rings (SSSR count). The SMILES string of the molecule is C[C@H](Nc1cnc(-c2ccccc2)n(CC(=O)OC(C)(C)C)c1=O)c1ccc2oc3ccccc3c2c1. The molecule has 0 spiro atoms. The van der Waals surface area contributed by atoms with Gasteiger partial charge in [0.25, 0.3) is 5.56 Å². The molecule has 1 N–H and O–H groups in total. The average molecular weight is 496 g/mol. The Balaban J connectivity index is 1.49. The van der Waals surface area contributed by atoms with E-state index in [1.54, 1.807) is 20.8 Å². The van der Waals surface area contributed by atoms with Crippen molar-refractivity contribution in [2.75, 3.05) is 5.32 Å². The van der Waals surface area contributed by atoms with E-state index >= 15 is 0 Å². The second-order valence-electron chi connectivity index (χ2n) is 10.1. The van der Waals surface area contributed by atoms with Gasteiger partial charge in [-0.3, -0.25) is 14.2 Å². The number of nitrogens with one attached hydrogen (secondary N) is 1. The standard InChI is InChI=1S/C30H29N3O4/c1-19(21-14-15-26-23(16-21)22-12-8-9-13-25(22)36-26)32-24-17-31-28(20-10-6-5-7-11-20)33(29(24)35)18-27(34)37-30(2,3)4/h5-17,19,32H,18H2,1-4H3/t19-/m0/s1. The first-order chi connectivity index (χ1) is 17.7. The van der Waals surface area contributed by atoms with Gasteiger partial charge in [0.15, 0.2) is 0 Å². The quantitative estimate of drug-likeness (QED) is 0.277. The molecule has 0 bridgehead atoms. The molecule has 0 unspecified atom stereocenters. The number of fused-ring (bicyclic) bond motifs is 3. The molecule has 188 valence electrons. The van der Waals surface area contributed by atoms with Gasteiger partial charge in [0, 0.05) is 22.4 Å². The van der Waals surface area contributed by atoms with Gasteiger partial charge in [-0.25, -0.2) is 4.98 Å². The molecule has 0 aliphatic heterocycles. The first kappa shape index (κ1) is 24.3. The van der Waals surface area contributed by atoms with Crippen molar-refractivity contribution in [3.63, 3.8) is 0 Å². The van der Waals surface area contributed by atoms with E-state index in [0.717, 1.165) is 33.1 Å². The maximum atomic E-state index is 13.6. The molecule has 0 fully saturated rings. The predicted octanol–water partition coefficient (Wildman–Crippen LogP) is 6.32. The first-order valence-corrected chi connectivity index (χ1v) is 12.2. The Morgan fingerprint density at radius 1 is 1.00 bits per heavy atom. The number of carbonyl (C=O) groups excluding carboxylic acids is 1. The fraction of sp³-hybridized carbons (Fsp3) is 0.233. The highest BCUT2D eigenvalue weighted by molar-refractivity contribution is 6.05. The third-order valence-electron chi connectivity index (χ3n) is 6.06. The number of para-hydroxylation sites is 1. The van der Waals surface area contributed by atoms with Crippen LogP contribution in [0.4, 0.5) is 5.69 Å². The van der Waals surface area contributed by atoms with E-state index in [1.807, 2.05) is 73.7 Å². The molecule has 2 aromatic heterocycles. The molecule has 0 saturated heterocycles. The van der Waals surface area contributed by atoms with Crippen LogP contribution in [0.3, 0.4) is 0 Å². The van der Waals surface area contributed by atoms with Crippen molar-refractivity contribution in [1.82, 2.24) is 9.55 Å². The molecule has 0 amide bonds. The van der Waals surface area contributed by atoms with E-state index in [4.69, 9.17) is 9.15 Å². The molecule has 7 nitrogen and oxygen atoms in total. The van der Waals surface area contributed by atoms with Crippen molar-refractivity contribution in [2.45, 2.75) is 45.9 Å². The van der Waals surface area contributed by atoms with Crippen LogP contribution in [-0.2, 0) is 16.1 Å². The summed E-state index contributed by atoms with van der Waals surface area (Å²) in [6, 6.07) is 23.0.